The Bertz CT molecular complexity index is 1640. The van der Waals surface area contributed by atoms with Gasteiger partial charge in [0.25, 0.3) is 0 Å². The van der Waals surface area contributed by atoms with Crippen molar-refractivity contribution >= 4 is 26.5 Å². The molecule has 0 saturated heterocycles. The minimum absolute atomic E-state index is 0.00000334. The molecule has 54 heavy (non-hydrogen) atoms. The van der Waals surface area contributed by atoms with Gasteiger partial charge in [-0.05, 0) is 143 Å². The number of hydrogen-bond acceptors (Lipinski definition) is 5. The summed E-state index contributed by atoms with van der Waals surface area (Å²) >= 11 is 0. The standard InChI is InChI=1S/C46H78O5SSi2/c1-15-54(16-2,17-3)51-43(8,9)29-28-41(52(48,49)36-21-19-18-20-22-36)33(4)38-25-26-39-37-24-23-34-31-35(50-53(13,14)42(5,6)7)32-45(11,47)46(34,12)40(37)27-30-44(38,39)10/h18-24,33,35,38-41,47H,15-17,25-32H2,1-14H3/t33-,35+,38+,39-,40-,41?,44+,45-,46-/m0/s1. The van der Waals surface area contributed by atoms with Crippen LogP contribution < -0.4 is 0 Å². The highest BCUT2D eigenvalue weighted by Crippen LogP contribution is 2.68. The number of benzene rings is 1. The van der Waals surface area contributed by atoms with Crippen LogP contribution in [0.15, 0.2) is 58.5 Å². The van der Waals surface area contributed by atoms with Gasteiger partial charge in [0.1, 0.15) is 0 Å². The number of aliphatic hydroxyl groups is 1. The van der Waals surface area contributed by atoms with E-state index in [0.29, 0.717) is 29.6 Å². The molecule has 3 fully saturated rings. The van der Waals surface area contributed by atoms with Crippen molar-refractivity contribution in [1.82, 2.24) is 0 Å². The molecule has 0 amide bonds. The van der Waals surface area contributed by atoms with Crippen molar-refractivity contribution in [2.24, 2.45) is 34.5 Å². The lowest BCUT2D eigenvalue weighted by Crippen LogP contribution is -2.60. The first-order valence-corrected chi connectivity index (χ1v) is 28.6. The molecule has 9 atom stereocenters. The van der Waals surface area contributed by atoms with Gasteiger partial charge < -0.3 is 14.0 Å². The van der Waals surface area contributed by atoms with Crippen molar-refractivity contribution in [3.8, 4) is 0 Å². The fourth-order valence-electron chi connectivity index (χ4n) is 11.8. The smallest absolute Gasteiger partial charge is 0.192 e. The first-order valence-electron chi connectivity index (χ1n) is 21.6. The third-order valence-corrected chi connectivity index (χ3v) is 28.4. The summed E-state index contributed by atoms with van der Waals surface area (Å²) in [5.41, 5.74) is 1.26. The Morgan fingerprint density at radius 3 is 2.09 bits per heavy atom. The average molecular weight is 799 g/mol. The van der Waals surface area contributed by atoms with Gasteiger partial charge in [-0.25, -0.2) is 8.42 Å². The van der Waals surface area contributed by atoms with E-state index in [1.807, 2.05) is 18.2 Å². The maximum absolute atomic E-state index is 14.7. The van der Waals surface area contributed by atoms with Crippen LogP contribution >= 0.6 is 0 Å². The Balaban J connectivity index is 1.44. The number of rotatable bonds is 14. The molecular formula is C46H78O5SSi2. The van der Waals surface area contributed by atoms with E-state index in [4.69, 9.17) is 8.85 Å². The zero-order valence-electron chi connectivity index (χ0n) is 36.8. The SMILES string of the molecule is CC[Si](CC)(CC)OC(C)(C)CCC([C@@H](C)[C@H]1CC[C@H]2C3=CC=C4C[C@@H](O[Si](C)(C)C(C)(C)C)C[C@](C)(O)[C@]4(C)[C@H]3CC[C@]12C)S(=O)(=O)c1ccccc1. The Morgan fingerprint density at radius 2 is 1.52 bits per heavy atom. The molecule has 1 unspecified atom stereocenters. The van der Waals surface area contributed by atoms with Crippen molar-refractivity contribution in [2.45, 2.75) is 198 Å². The number of hydrogen-bond donors (Lipinski definition) is 1. The van der Waals surface area contributed by atoms with E-state index in [9.17, 15) is 13.5 Å². The zero-order valence-corrected chi connectivity index (χ0v) is 39.6. The van der Waals surface area contributed by atoms with E-state index in [1.165, 1.54) is 11.1 Å². The van der Waals surface area contributed by atoms with Crippen molar-refractivity contribution in [1.29, 1.82) is 0 Å². The lowest BCUT2D eigenvalue weighted by molar-refractivity contribution is -0.122. The molecule has 0 radical (unpaired) electrons. The summed E-state index contributed by atoms with van der Waals surface area (Å²) in [6, 6.07) is 12.5. The van der Waals surface area contributed by atoms with Crippen LogP contribution in [-0.4, -0.2) is 52.7 Å². The fourth-order valence-corrected chi connectivity index (χ4v) is 18.5. The van der Waals surface area contributed by atoms with Crippen molar-refractivity contribution < 1.29 is 22.4 Å². The van der Waals surface area contributed by atoms with E-state index in [-0.39, 0.29) is 39.4 Å². The molecule has 0 bridgehead atoms. The van der Waals surface area contributed by atoms with E-state index in [2.05, 4.69) is 108 Å². The largest absolute Gasteiger partial charge is 0.414 e. The van der Waals surface area contributed by atoms with Crippen LogP contribution in [0, 0.1) is 34.5 Å². The van der Waals surface area contributed by atoms with Gasteiger partial charge in [0.05, 0.1) is 27.5 Å². The topological polar surface area (TPSA) is 72.8 Å². The van der Waals surface area contributed by atoms with Gasteiger partial charge in [0.2, 0.25) is 0 Å². The molecule has 306 valence electrons. The van der Waals surface area contributed by atoms with Gasteiger partial charge in [-0.3, -0.25) is 0 Å². The second-order valence-corrected chi connectivity index (χ2v) is 32.6. The molecule has 1 aromatic rings. The number of fused-ring (bicyclic) bond motifs is 5. The van der Waals surface area contributed by atoms with Crippen LogP contribution in [0.5, 0.6) is 0 Å². The summed E-state index contributed by atoms with van der Waals surface area (Å²) in [5.74, 6) is 0.968. The minimum Gasteiger partial charge on any atom is -0.414 e. The molecule has 0 spiro atoms. The van der Waals surface area contributed by atoms with Gasteiger partial charge in [-0.2, -0.15) is 0 Å². The Labute approximate surface area is 333 Å². The van der Waals surface area contributed by atoms with Gasteiger partial charge in [-0.15, -0.1) is 0 Å². The molecule has 0 aliphatic heterocycles. The van der Waals surface area contributed by atoms with E-state index in [0.717, 1.165) is 56.7 Å². The van der Waals surface area contributed by atoms with Crippen LogP contribution in [0.4, 0.5) is 0 Å². The summed E-state index contributed by atoms with van der Waals surface area (Å²) in [7, 11) is -7.46. The van der Waals surface area contributed by atoms with Gasteiger partial charge in [-0.1, -0.05) is 104 Å². The maximum atomic E-state index is 14.7. The van der Waals surface area contributed by atoms with E-state index >= 15 is 0 Å². The van der Waals surface area contributed by atoms with Crippen molar-refractivity contribution in [2.75, 3.05) is 0 Å². The summed E-state index contributed by atoms with van der Waals surface area (Å²) in [5, 5.41) is 12.1. The van der Waals surface area contributed by atoms with Crippen LogP contribution in [0.2, 0.25) is 36.3 Å². The number of sulfone groups is 1. The van der Waals surface area contributed by atoms with Crippen molar-refractivity contribution in [3.05, 3.63) is 53.6 Å². The molecule has 4 aliphatic rings. The second kappa shape index (κ2) is 15.3. The molecule has 4 aliphatic carbocycles. The van der Waals surface area contributed by atoms with Crippen LogP contribution in [0.25, 0.3) is 0 Å². The molecule has 0 heterocycles. The summed E-state index contributed by atoms with van der Waals surface area (Å²) < 4.78 is 43.5. The predicted octanol–water partition coefficient (Wildman–Crippen LogP) is 12.3. The molecule has 5 nitrogen and oxygen atoms in total. The summed E-state index contributed by atoms with van der Waals surface area (Å²) in [6.07, 6.45) is 11.9. The van der Waals surface area contributed by atoms with Crippen LogP contribution in [0.3, 0.4) is 0 Å². The predicted molar refractivity (Wildman–Crippen MR) is 231 cm³/mol. The minimum atomic E-state index is -3.59. The first kappa shape index (κ1) is 44.1. The quantitative estimate of drug-likeness (QED) is 0.190. The van der Waals surface area contributed by atoms with E-state index in [1.54, 1.807) is 12.1 Å². The van der Waals surface area contributed by atoms with Crippen LogP contribution in [0.1, 0.15) is 134 Å². The highest BCUT2D eigenvalue weighted by molar-refractivity contribution is 7.92. The highest BCUT2D eigenvalue weighted by Gasteiger charge is 2.63. The zero-order chi connectivity index (χ0) is 40.3. The molecule has 8 heteroatoms. The molecular weight excluding hydrogens is 721 g/mol. The molecule has 3 saturated carbocycles. The average Bonchev–Trinajstić information content (AvgIpc) is 3.44. The van der Waals surface area contributed by atoms with Gasteiger partial charge in [0.15, 0.2) is 26.5 Å². The molecule has 1 aromatic carbocycles. The van der Waals surface area contributed by atoms with E-state index < -0.39 is 37.3 Å². The lowest BCUT2D eigenvalue weighted by Gasteiger charge is -2.60. The Kier molecular flexibility index (Phi) is 12.5. The maximum Gasteiger partial charge on any atom is 0.192 e. The molecule has 5 rings (SSSR count). The fraction of sp³-hybridized carbons (Fsp3) is 0.783. The summed E-state index contributed by atoms with van der Waals surface area (Å²) in [6.45, 7) is 31.9. The number of allylic oxidation sites excluding steroid dienone is 3. The van der Waals surface area contributed by atoms with Crippen molar-refractivity contribution in [3.63, 3.8) is 0 Å². The van der Waals surface area contributed by atoms with Gasteiger partial charge in [0, 0.05) is 11.8 Å². The first-order chi connectivity index (χ1) is 24.8. The molecule has 1 N–H and O–H groups in total. The highest BCUT2D eigenvalue weighted by atomic mass is 32.2. The Morgan fingerprint density at radius 1 is 0.907 bits per heavy atom. The summed E-state index contributed by atoms with van der Waals surface area (Å²) in [4.78, 5) is 0.444. The second-order valence-electron chi connectivity index (χ2n) is 21.0. The lowest BCUT2D eigenvalue weighted by atomic mass is 9.46. The Hall–Kier alpha value is -1.04. The third kappa shape index (κ3) is 7.77. The third-order valence-electron chi connectivity index (χ3n) is 16.6. The van der Waals surface area contributed by atoms with Gasteiger partial charge >= 0.3 is 0 Å². The van der Waals surface area contributed by atoms with Crippen LogP contribution in [-0.2, 0) is 18.7 Å². The molecule has 0 aromatic heterocycles. The normalized spacial score (nSPS) is 33.2. The monoisotopic (exact) mass is 799 g/mol.